The number of ether oxygens (including phenoxy) is 1. The summed E-state index contributed by atoms with van der Waals surface area (Å²) in [5, 5.41) is 0. The fourth-order valence-corrected chi connectivity index (χ4v) is 5.20. The first-order chi connectivity index (χ1) is 12.1. The molecule has 1 aliphatic heterocycles. The minimum absolute atomic E-state index is 0.0747. The van der Waals surface area contributed by atoms with Crippen LogP contribution in [0.4, 0.5) is 13.2 Å². The SMILES string of the molecule is CC1CN(S(=O)(=O)N(Cc2ccc(C(F)(F)F)cc2)C2CC2)CC(C)O1. The maximum absolute atomic E-state index is 13.1. The van der Waals surface area contributed by atoms with Gasteiger partial charge >= 0.3 is 6.18 Å². The van der Waals surface area contributed by atoms with Gasteiger partial charge in [-0.15, -0.1) is 0 Å². The predicted molar refractivity (Wildman–Crippen MR) is 90.5 cm³/mol. The zero-order valence-corrected chi connectivity index (χ0v) is 15.6. The Morgan fingerprint density at radius 2 is 1.65 bits per heavy atom. The number of hydrogen-bond acceptors (Lipinski definition) is 3. The lowest BCUT2D eigenvalue weighted by Gasteiger charge is -2.37. The zero-order chi connectivity index (χ0) is 19.1. The molecule has 1 heterocycles. The van der Waals surface area contributed by atoms with Crippen LogP contribution >= 0.6 is 0 Å². The van der Waals surface area contributed by atoms with Gasteiger partial charge in [0.05, 0.1) is 17.8 Å². The molecule has 26 heavy (non-hydrogen) atoms. The molecule has 0 aromatic heterocycles. The molecule has 2 aliphatic rings. The second-order valence-corrected chi connectivity index (χ2v) is 8.93. The molecule has 2 unspecified atom stereocenters. The van der Waals surface area contributed by atoms with Crippen molar-refractivity contribution in [1.82, 2.24) is 8.61 Å². The topological polar surface area (TPSA) is 49.9 Å². The lowest BCUT2D eigenvalue weighted by Crippen LogP contribution is -2.53. The Kier molecular flexibility index (Phi) is 5.35. The van der Waals surface area contributed by atoms with Gasteiger partial charge in [-0.2, -0.15) is 30.2 Å². The fourth-order valence-electron chi connectivity index (χ4n) is 3.21. The van der Waals surface area contributed by atoms with Crippen LogP contribution in [0.2, 0.25) is 0 Å². The van der Waals surface area contributed by atoms with Crippen molar-refractivity contribution < 1.29 is 26.3 Å². The maximum Gasteiger partial charge on any atom is 0.416 e. The molecule has 9 heteroatoms. The number of halogens is 3. The average molecular weight is 392 g/mol. The van der Waals surface area contributed by atoms with Crippen molar-refractivity contribution in [2.75, 3.05) is 13.1 Å². The molecule has 1 aromatic carbocycles. The Balaban J connectivity index is 1.79. The van der Waals surface area contributed by atoms with Gasteiger partial charge < -0.3 is 4.74 Å². The monoisotopic (exact) mass is 392 g/mol. The maximum atomic E-state index is 13.1. The molecule has 0 bridgehead atoms. The second kappa shape index (κ2) is 7.10. The van der Waals surface area contributed by atoms with Crippen LogP contribution in [0.15, 0.2) is 24.3 Å². The summed E-state index contributed by atoms with van der Waals surface area (Å²) in [5.74, 6) is 0. The van der Waals surface area contributed by atoms with E-state index >= 15 is 0 Å². The van der Waals surface area contributed by atoms with Crippen molar-refractivity contribution in [2.45, 2.75) is 57.7 Å². The third-order valence-corrected chi connectivity index (χ3v) is 6.55. The van der Waals surface area contributed by atoms with E-state index in [1.165, 1.54) is 20.7 Å². The molecule has 1 saturated carbocycles. The van der Waals surface area contributed by atoms with Crippen LogP contribution in [-0.2, 0) is 27.7 Å². The first-order valence-corrected chi connectivity index (χ1v) is 10.1. The summed E-state index contributed by atoms with van der Waals surface area (Å²) >= 11 is 0. The second-order valence-electron chi connectivity index (χ2n) is 7.05. The van der Waals surface area contributed by atoms with Gasteiger partial charge in [0.25, 0.3) is 10.2 Å². The molecule has 1 saturated heterocycles. The Morgan fingerprint density at radius 1 is 1.12 bits per heavy atom. The quantitative estimate of drug-likeness (QED) is 0.774. The predicted octanol–water partition coefficient (Wildman–Crippen LogP) is 3.02. The van der Waals surface area contributed by atoms with Crippen LogP contribution in [0.5, 0.6) is 0 Å². The van der Waals surface area contributed by atoms with Crippen molar-refractivity contribution in [1.29, 1.82) is 0 Å². The number of rotatable bonds is 5. The van der Waals surface area contributed by atoms with Gasteiger partial charge in [0.15, 0.2) is 0 Å². The van der Waals surface area contributed by atoms with E-state index in [0.717, 1.165) is 25.0 Å². The Bertz CT molecular complexity index is 723. The summed E-state index contributed by atoms with van der Waals surface area (Å²) in [6.07, 6.45) is -3.24. The van der Waals surface area contributed by atoms with E-state index in [1.54, 1.807) is 0 Å². The zero-order valence-electron chi connectivity index (χ0n) is 14.7. The molecule has 3 rings (SSSR count). The smallest absolute Gasteiger partial charge is 0.373 e. The number of morpholine rings is 1. The highest BCUT2D eigenvalue weighted by Crippen LogP contribution is 2.34. The summed E-state index contributed by atoms with van der Waals surface area (Å²) in [6, 6.07) is 4.59. The lowest BCUT2D eigenvalue weighted by atomic mass is 10.1. The molecule has 0 amide bonds. The summed E-state index contributed by atoms with van der Waals surface area (Å²) in [4.78, 5) is 0. The first kappa shape index (κ1) is 19.6. The number of nitrogens with zero attached hydrogens (tertiary/aromatic N) is 2. The van der Waals surface area contributed by atoms with E-state index in [0.29, 0.717) is 5.56 Å². The third kappa shape index (κ3) is 4.39. The highest BCUT2D eigenvalue weighted by Gasteiger charge is 2.42. The molecule has 5 nitrogen and oxygen atoms in total. The fraction of sp³-hybridized carbons (Fsp3) is 0.647. The van der Waals surface area contributed by atoms with E-state index in [-0.39, 0.29) is 37.9 Å². The summed E-state index contributed by atoms with van der Waals surface area (Å²) in [7, 11) is -3.70. The van der Waals surface area contributed by atoms with Crippen molar-refractivity contribution in [3.63, 3.8) is 0 Å². The minimum Gasteiger partial charge on any atom is -0.373 e. The van der Waals surface area contributed by atoms with Crippen molar-refractivity contribution in [3.05, 3.63) is 35.4 Å². The van der Waals surface area contributed by atoms with E-state index in [9.17, 15) is 21.6 Å². The number of benzene rings is 1. The van der Waals surface area contributed by atoms with Crippen LogP contribution in [0.3, 0.4) is 0 Å². The third-order valence-electron chi connectivity index (χ3n) is 4.58. The molecule has 146 valence electrons. The van der Waals surface area contributed by atoms with Crippen LogP contribution < -0.4 is 0 Å². The summed E-state index contributed by atoms with van der Waals surface area (Å²) in [5.41, 5.74) is -0.194. The van der Waals surface area contributed by atoms with E-state index < -0.39 is 21.9 Å². The minimum atomic E-state index is -4.40. The van der Waals surface area contributed by atoms with Crippen LogP contribution in [-0.4, -0.2) is 48.4 Å². The van der Waals surface area contributed by atoms with E-state index in [4.69, 9.17) is 4.74 Å². The highest BCUT2D eigenvalue weighted by atomic mass is 32.2. The Hall–Kier alpha value is -1.16. The van der Waals surface area contributed by atoms with Gasteiger partial charge in [-0.3, -0.25) is 0 Å². The molecule has 2 atom stereocenters. The highest BCUT2D eigenvalue weighted by molar-refractivity contribution is 7.86. The molecule has 0 spiro atoms. The lowest BCUT2D eigenvalue weighted by molar-refractivity contribution is -0.137. The van der Waals surface area contributed by atoms with Gasteiger partial charge in [0, 0.05) is 25.7 Å². The van der Waals surface area contributed by atoms with Crippen molar-refractivity contribution in [3.8, 4) is 0 Å². The average Bonchev–Trinajstić information content (AvgIpc) is 3.35. The largest absolute Gasteiger partial charge is 0.416 e. The molecule has 1 aliphatic carbocycles. The molecule has 1 aromatic rings. The molecular weight excluding hydrogens is 369 g/mol. The summed E-state index contributed by atoms with van der Waals surface area (Å²) < 4.78 is 72.8. The van der Waals surface area contributed by atoms with Crippen LogP contribution in [0.1, 0.15) is 37.8 Å². The number of hydrogen-bond donors (Lipinski definition) is 0. The van der Waals surface area contributed by atoms with Crippen LogP contribution in [0, 0.1) is 0 Å². The normalized spacial score (nSPS) is 25.6. The Labute approximate surface area is 151 Å². The van der Waals surface area contributed by atoms with E-state index in [1.807, 2.05) is 13.8 Å². The van der Waals surface area contributed by atoms with E-state index in [2.05, 4.69) is 0 Å². The van der Waals surface area contributed by atoms with Gasteiger partial charge in [-0.05, 0) is 44.4 Å². The summed E-state index contributed by atoms with van der Waals surface area (Å²) in [6.45, 7) is 4.29. The molecule has 0 radical (unpaired) electrons. The Morgan fingerprint density at radius 3 is 2.12 bits per heavy atom. The van der Waals surface area contributed by atoms with Crippen molar-refractivity contribution >= 4 is 10.2 Å². The standard InChI is InChI=1S/C17H23F3N2O3S/c1-12-9-21(10-13(2)25-12)26(23,24)22(16-7-8-16)11-14-3-5-15(6-4-14)17(18,19)20/h3-6,12-13,16H,7-11H2,1-2H3. The van der Waals surface area contributed by atoms with Gasteiger partial charge in [-0.25, -0.2) is 0 Å². The molecule has 0 N–H and O–H groups in total. The van der Waals surface area contributed by atoms with Gasteiger partial charge in [0.2, 0.25) is 0 Å². The van der Waals surface area contributed by atoms with Gasteiger partial charge in [0.1, 0.15) is 0 Å². The molecule has 2 fully saturated rings. The van der Waals surface area contributed by atoms with Crippen LogP contribution in [0.25, 0.3) is 0 Å². The molecular formula is C17H23F3N2O3S. The first-order valence-electron chi connectivity index (χ1n) is 8.66. The number of alkyl halides is 3. The van der Waals surface area contributed by atoms with Crippen molar-refractivity contribution in [2.24, 2.45) is 0 Å². The van der Waals surface area contributed by atoms with Gasteiger partial charge in [-0.1, -0.05) is 12.1 Å².